The zero-order valence-corrected chi connectivity index (χ0v) is 15.6. The van der Waals surface area contributed by atoms with Crippen molar-refractivity contribution in [3.63, 3.8) is 0 Å². The van der Waals surface area contributed by atoms with Gasteiger partial charge in [0, 0.05) is 5.56 Å². The summed E-state index contributed by atoms with van der Waals surface area (Å²) in [5, 5.41) is 0. The van der Waals surface area contributed by atoms with Crippen LogP contribution in [-0.2, 0) is 16.6 Å². The fourth-order valence-electron chi connectivity index (χ4n) is 3.13. The third kappa shape index (κ3) is 4.41. The second-order valence-corrected chi connectivity index (χ2v) is 8.30. The van der Waals surface area contributed by atoms with Gasteiger partial charge in [-0.3, -0.25) is 0 Å². The lowest BCUT2D eigenvalue weighted by molar-refractivity contribution is -0.917. The van der Waals surface area contributed by atoms with E-state index in [9.17, 15) is 12.8 Å². The highest BCUT2D eigenvalue weighted by atomic mass is 32.2. The Morgan fingerprint density at radius 3 is 2.23 bits per heavy atom. The Labute approximate surface area is 154 Å². The van der Waals surface area contributed by atoms with Crippen LogP contribution in [0.4, 0.5) is 4.39 Å². The van der Waals surface area contributed by atoms with Crippen LogP contribution >= 0.6 is 0 Å². The lowest BCUT2D eigenvalue weighted by Crippen LogP contribution is -3.13. The van der Waals surface area contributed by atoms with Gasteiger partial charge in [-0.15, -0.1) is 0 Å². The molecule has 1 N–H and O–H groups in total. The second kappa shape index (κ2) is 8.16. The van der Waals surface area contributed by atoms with Gasteiger partial charge in [0.1, 0.15) is 18.1 Å². The molecule has 1 heterocycles. The lowest BCUT2D eigenvalue weighted by Gasteiger charge is -2.31. The highest BCUT2D eigenvalue weighted by molar-refractivity contribution is 7.89. The van der Waals surface area contributed by atoms with Crippen molar-refractivity contribution < 1.29 is 22.4 Å². The largest absolute Gasteiger partial charge is 0.494 e. The normalized spacial score (nSPS) is 16.5. The number of ether oxygens (including phenoxy) is 1. The van der Waals surface area contributed by atoms with E-state index in [1.165, 1.54) is 21.3 Å². The summed E-state index contributed by atoms with van der Waals surface area (Å²) in [5.41, 5.74) is 1.06. The Hall–Kier alpha value is -1.96. The zero-order valence-electron chi connectivity index (χ0n) is 14.8. The van der Waals surface area contributed by atoms with E-state index < -0.39 is 10.0 Å². The number of halogens is 1. The maximum Gasteiger partial charge on any atom is 0.243 e. The first-order valence-electron chi connectivity index (χ1n) is 8.80. The standard InChI is InChI=1S/C19H23FN2O3S/c1-2-25-18-7-9-19(10-8-18)26(23,24)22-13-11-21(12-14-22)15-16-3-5-17(20)6-4-16/h3-10H,2,11-15H2,1H3/p+1. The fourth-order valence-corrected chi connectivity index (χ4v) is 4.58. The second-order valence-electron chi connectivity index (χ2n) is 6.36. The third-order valence-corrected chi connectivity index (χ3v) is 6.48. The molecule has 0 unspecified atom stereocenters. The van der Waals surface area contributed by atoms with Crippen molar-refractivity contribution in [3.8, 4) is 5.75 Å². The van der Waals surface area contributed by atoms with Crippen molar-refractivity contribution in [2.75, 3.05) is 32.8 Å². The number of piperazine rings is 1. The van der Waals surface area contributed by atoms with Crippen LogP contribution in [0.5, 0.6) is 5.75 Å². The van der Waals surface area contributed by atoms with E-state index in [0.29, 0.717) is 30.3 Å². The summed E-state index contributed by atoms with van der Waals surface area (Å²) < 4.78 is 45.5. The molecule has 0 radical (unpaired) electrons. The van der Waals surface area contributed by atoms with Crippen LogP contribution in [0.3, 0.4) is 0 Å². The van der Waals surface area contributed by atoms with E-state index >= 15 is 0 Å². The molecule has 0 saturated carbocycles. The molecule has 2 aromatic rings. The van der Waals surface area contributed by atoms with E-state index in [-0.39, 0.29) is 5.82 Å². The van der Waals surface area contributed by atoms with Gasteiger partial charge in [-0.05, 0) is 43.3 Å². The number of nitrogens with zero attached hydrogens (tertiary/aromatic N) is 1. The predicted octanol–water partition coefficient (Wildman–Crippen LogP) is 1.31. The summed E-state index contributed by atoms with van der Waals surface area (Å²) in [6.45, 7) is 5.62. The molecular weight excluding hydrogens is 355 g/mol. The Kier molecular flexibility index (Phi) is 5.90. The number of hydrogen-bond donors (Lipinski definition) is 1. The Bertz CT molecular complexity index is 815. The van der Waals surface area contributed by atoms with Crippen LogP contribution in [0.25, 0.3) is 0 Å². The predicted molar refractivity (Wildman–Crippen MR) is 97.2 cm³/mol. The molecule has 0 amide bonds. The Morgan fingerprint density at radius 1 is 1.04 bits per heavy atom. The molecule has 7 heteroatoms. The Morgan fingerprint density at radius 2 is 1.65 bits per heavy atom. The van der Waals surface area contributed by atoms with Gasteiger partial charge in [0.15, 0.2) is 0 Å². The van der Waals surface area contributed by atoms with E-state index in [2.05, 4.69) is 0 Å². The minimum Gasteiger partial charge on any atom is -0.494 e. The molecular formula is C19H24FN2O3S+. The summed E-state index contributed by atoms with van der Waals surface area (Å²) in [6.07, 6.45) is 0. The molecule has 0 aromatic heterocycles. The minimum atomic E-state index is -3.48. The first-order valence-corrected chi connectivity index (χ1v) is 10.2. The molecule has 2 aromatic carbocycles. The van der Waals surface area contributed by atoms with Crippen molar-refractivity contribution in [2.45, 2.75) is 18.4 Å². The topological polar surface area (TPSA) is 51.1 Å². The van der Waals surface area contributed by atoms with E-state index in [4.69, 9.17) is 4.74 Å². The van der Waals surface area contributed by atoms with E-state index in [1.807, 2.05) is 6.92 Å². The number of hydrogen-bond acceptors (Lipinski definition) is 3. The molecule has 140 valence electrons. The van der Waals surface area contributed by atoms with Crippen molar-refractivity contribution in [3.05, 3.63) is 59.9 Å². The zero-order chi connectivity index (χ0) is 18.6. The molecule has 0 spiro atoms. The molecule has 0 atom stereocenters. The average molecular weight is 379 g/mol. The highest BCUT2D eigenvalue weighted by Crippen LogP contribution is 2.19. The van der Waals surface area contributed by atoms with Gasteiger partial charge < -0.3 is 9.64 Å². The highest BCUT2D eigenvalue weighted by Gasteiger charge is 2.30. The van der Waals surface area contributed by atoms with Crippen molar-refractivity contribution in [1.29, 1.82) is 0 Å². The Balaban J connectivity index is 1.60. The van der Waals surface area contributed by atoms with Gasteiger partial charge >= 0.3 is 0 Å². The van der Waals surface area contributed by atoms with Gasteiger partial charge in [-0.1, -0.05) is 12.1 Å². The van der Waals surface area contributed by atoms with Crippen LogP contribution in [0, 0.1) is 5.82 Å². The lowest BCUT2D eigenvalue weighted by atomic mass is 10.2. The maximum absolute atomic E-state index is 13.0. The smallest absolute Gasteiger partial charge is 0.243 e. The van der Waals surface area contributed by atoms with Gasteiger partial charge in [0.25, 0.3) is 0 Å². The van der Waals surface area contributed by atoms with Crippen LogP contribution in [0.15, 0.2) is 53.4 Å². The SMILES string of the molecule is CCOc1ccc(S(=O)(=O)N2CC[NH+](Cc3ccc(F)cc3)CC2)cc1. The van der Waals surface area contributed by atoms with Gasteiger partial charge in [0.2, 0.25) is 10.0 Å². The van der Waals surface area contributed by atoms with Crippen LogP contribution < -0.4 is 9.64 Å². The number of rotatable bonds is 6. The number of quaternary nitrogens is 1. The van der Waals surface area contributed by atoms with Crippen molar-refractivity contribution in [1.82, 2.24) is 4.31 Å². The minimum absolute atomic E-state index is 0.241. The van der Waals surface area contributed by atoms with E-state index in [1.54, 1.807) is 36.4 Å². The number of nitrogens with one attached hydrogen (secondary N) is 1. The first-order chi connectivity index (χ1) is 12.5. The number of benzene rings is 2. The molecule has 0 bridgehead atoms. The molecule has 1 aliphatic heterocycles. The van der Waals surface area contributed by atoms with Crippen LogP contribution in [0.1, 0.15) is 12.5 Å². The monoisotopic (exact) mass is 379 g/mol. The average Bonchev–Trinajstić information content (AvgIpc) is 2.65. The summed E-state index contributed by atoms with van der Waals surface area (Å²) in [4.78, 5) is 1.60. The molecule has 1 fully saturated rings. The molecule has 0 aliphatic carbocycles. The molecule has 3 rings (SSSR count). The summed E-state index contributed by atoms with van der Waals surface area (Å²) in [5.74, 6) is 0.426. The fraction of sp³-hybridized carbons (Fsp3) is 0.368. The third-order valence-electron chi connectivity index (χ3n) is 4.57. The summed E-state index contributed by atoms with van der Waals surface area (Å²) >= 11 is 0. The number of sulfonamides is 1. The van der Waals surface area contributed by atoms with Gasteiger partial charge in [-0.2, -0.15) is 4.31 Å². The molecule has 5 nitrogen and oxygen atoms in total. The van der Waals surface area contributed by atoms with Crippen LogP contribution in [-0.4, -0.2) is 45.5 Å². The van der Waals surface area contributed by atoms with E-state index in [0.717, 1.165) is 25.2 Å². The summed E-state index contributed by atoms with van der Waals surface area (Å²) in [6, 6.07) is 13.1. The molecule has 26 heavy (non-hydrogen) atoms. The summed E-state index contributed by atoms with van der Waals surface area (Å²) in [7, 11) is -3.48. The molecule has 1 saturated heterocycles. The molecule has 1 aliphatic rings. The van der Waals surface area contributed by atoms with Crippen LogP contribution in [0.2, 0.25) is 0 Å². The first kappa shape index (κ1) is 18.8. The van der Waals surface area contributed by atoms with Gasteiger partial charge in [-0.25, -0.2) is 12.8 Å². The van der Waals surface area contributed by atoms with Crippen molar-refractivity contribution in [2.24, 2.45) is 0 Å². The van der Waals surface area contributed by atoms with Crippen molar-refractivity contribution >= 4 is 10.0 Å². The maximum atomic E-state index is 13.0. The quantitative estimate of drug-likeness (QED) is 0.824. The van der Waals surface area contributed by atoms with Gasteiger partial charge in [0.05, 0.1) is 37.7 Å².